The van der Waals surface area contributed by atoms with E-state index in [2.05, 4.69) is 12.2 Å². The molecule has 0 spiro atoms. The van der Waals surface area contributed by atoms with Crippen LogP contribution in [0.1, 0.15) is 37.3 Å². The van der Waals surface area contributed by atoms with Crippen molar-refractivity contribution in [1.82, 2.24) is 5.32 Å². The van der Waals surface area contributed by atoms with Crippen LogP contribution in [0.15, 0.2) is 24.3 Å². The summed E-state index contributed by atoms with van der Waals surface area (Å²) in [6.45, 7) is 3.67. The molecular weight excluding hydrogens is 263 g/mol. The third-order valence-electron chi connectivity index (χ3n) is 2.57. The lowest BCUT2D eigenvalue weighted by molar-refractivity contribution is -0.137. The molecule has 0 amide bonds. The van der Waals surface area contributed by atoms with E-state index < -0.39 is 11.7 Å². The van der Waals surface area contributed by atoms with Gasteiger partial charge in [-0.25, -0.2) is 0 Å². The minimum Gasteiger partial charge on any atom is -0.313 e. The first kappa shape index (κ1) is 17.3. The summed E-state index contributed by atoms with van der Waals surface area (Å²) in [5.41, 5.74) is 0.293. The monoisotopic (exact) mass is 281 g/mol. The van der Waals surface area contributed by atoms with Crippen LogP contribution in [0.3, 0.4) is 0 Å². The predicted octanol–water partition coefficient (Wildman–Crippen LogP) is 4.41. The van der Waals surface area contributed by atoms with Gasteiger partial charge in [-0.1, -0.05) is 31.9 Å². The molecule has 0 radical (unpaired) electrons. The fraction of sp³-hybridized carbons (Fsp3) is 0.538. The maximum absolute atomic E-state index is 12.3. The molecule has 0 heterocycles. The SMILES string of the molecule is CCCCCNCc1ccc(C(F)(F)F)cc1.Cl. The molecule has 0 fully saturated rings. The first-order chi connectivity index (χ1) is 8.04. The Balaban J connectivity index is 0.00000289. The van der Waals surface area contributed by atoms with Gasteiger partial charge in [-0.2, -0.15) is 13.2 Å². The maximum atomic E-state index is 12.3. The molecule has 0 aromatic heterocycles. The van der Waals surface area contributed by atoms with Gasteiger partial charge in [0.05, 0.1) is 5.56 Å². The van der Waals surface area contributed by atoms with E-state index in [4.69, 9.17) is 0 Å². The Labute approximate surface area is 112 Å². The van der Waals surface area contributed by atoms with E-state index in [-0.39, 0.29) is 12.4 Å². The zero-order chi connectivity index (χ0) is 12.7. The van der Waals surface area contributed by atoms with Crippen molar-refractivity contribution in [2.24, 2.45) is 0 Å². The van der Waals surface area contributed by atoms with Gasteiger partial charge in [0.2, 0.25) is 0 Å². The Morgan fingerprint density at radius 1 is 1.06 bits per heavy atom. The third-order valence-corrected chi connectivity index (χ3v) is 2.57. The number of hydrogen-bond donors (Lipinski definition) is 1. The Hall–Kier alpha value is -0.740. The van der Waals surface area contributed by atoms with Crippen molar-refractivity contribution in [1.29, 1.82) is 0 Å². The Kier molecular flexibility index (Phi) is 8.03. The van der Waals surface area contributed by atoms with Crippen LogP contribution in [0, 0.1) is 0 Å². The number of nitrogens with one attached hydrogen (secondary N) is 1. The lowest BCUT2D eigenvalue weighted by Gasteiger charge is -2.08. The third kappa shape index (κ3) is 6.26. The predicted molar refractivity (Wildman–Crippen MR) is 69.9 cm³/mol. The molecular formula is C13H19ClF3N. The normalized spacial score (nSPS) is 11.1. The van der Waals surface area contributed by atoms with Gasteiger partial charge in [-0.3, -0.25) is 0 Å². The molecule has 0 aliphatic rings. The van der Waals surface area contributed by atoms with Gasteiger partial charge in [0.15, 0.2) is 0 Å². The lowest BCUT2D eigenvalue weighted by Crippen LogP contribution is -2.14. The summed E-state index contributed by atoms with van der Waals surface area (Å²) in [6.07, 6.45) is -0.786. The van der Waals surface area contributed by atoms with Gasteiger partial charge in [0.1, 0.15) is 0 Å². The molecule has 0 atom stereocenters. The highest BCUT2D eigenvalue weighted by molar-refractivity contribution is 5.85. The van der Waals surface area contributed by atoms with Crippen molar-refractivity contribution in [3.05, 3.63) is 35.4 Å². The summed E-state index contributed by atoms with van der Waals surface area (Å²) in [6, 6.07) is 5.30. The van der Waals surface area contributed by atoms with Crippen molar-refractivity contribution in [3.63, 3.8) is 0 Å². The van der Waals surface area contributed by atoms with E-state index in [1.807, 2.05) is 0 Å². The van der Waals surface area contributed by atoms with Crippen LogP contribution in [0.25, 0.3) is 0 Å². The molecule has 1 nitrogen and oxygen atoms in total. The molecule has 0 aliphatic heterocycles. The van der Waals surface area contributed by atoms with Crippen LogP contribution in [0.5, 0.6) is 0 Å². The van der Waals surface area contributed by atoms with E-state index in [1.165, 1.54) is 25.0 Å². The number of hydrogen-bond acceptors (Lipinski definition) is 1. The highest BCUT2D eigenvalue weighted by Crippen LogP contribution is 2.28. The molecule has 0 bridgehead atoms. The molecule has 104 valence electrons. The quantitative estimate of drug-likeness (QED) is 0.762. The molecule has 0 saturated heterocycles. The van der Waals surface area contributed by atoms with Crippen molar-refractivity contribution in [2.45, 2.75) is 38.9 Å². The average molecular weight is 282 g/mol. The van der Waals surface area contributed by atoms with E-state index >= 15 is 0 Å². The molecule has 1 N–H and O–H groups in total. The highest BCUT2D eigenvalue weighted by atomic mass is 35.5. The van der Waals surface area contributed by atoms with Crippen LogP contribution >= 0.6 is 12.4 Å². The van der Waals surface area contributed by atoms with E-state index in [0.717, 1.165) is 30.7 Å². The van der Waals surface area contributed by atoms with Crippen LogP contribution in [-0.4, -0.2) is 6.54 Å². The number of halogens is 4. The molecule has 18 heavy (non-hydrogen) atoms. The summed E-state index contributed by atoms with van der Waals surface area (Å²) in [4.78, 5) is 0. The smallest absolute Gasteiger partial charge is 0.313 e. The van der Waals surface area contributed by atoms with Crippen molar-refractivity contribution >= 4 is 12.4 Å². The van der Waals surface area contributed by atoms with E-state index in [9.17, 15) is 13.2 Å². The Morgan fingerprint density at radius 2 is 1.67 bits per heavy atom. The summed E-state index contributed by atoms with van der Waals surface area (Å²) in [5, 5.41) is 3.21. The summed E-state index contributed by atoms with van der Waals surface area (Å²) >= 11 is 0. The molecule has 1 aromatic rings. The largest absolute Gasteiger partial charge is 0.416 e. The van der Waals surface area contributed by atoms with Crippen LogP contribution in [0.4, 0.5) is 13.2 Å². The van der Waals surface area contributed by atoms with Gasteiger partial charge in [0.25, 0.3) is 0 Å². The highest BCUT2D eigenvalue weighted by Gasteiger charge is 2.29. The average Bonchev–Trinajstić information content (AvgIpc) is 2.28. The molecule has 1 aromatic carbocycles. The molecule has 0 aliphatic carbocycles. The first-order valence-electron chi connectivity index (χ1n) is 5.91. The van der Waals surface area contributed by atoms with Gasteiger partial charge < -0.3 is 5.32 Å². The van der Waals surface area contributed by atoms with Crippen molar-refractivity contribution in [3.8, 4) is 0 Å². The van der Waals surface area contributed by atoms with Gasteiger partial charge in [-0.15, -0.1) is 12.4 Å². The fourth-order valence-corrected chi connectivity index (χ4v) is 1.54. The van der Waals surface area contributed by atoms with Gasteiger partial charge in [0, 0.05) is 6.54 Å². The summed E-state index contributed by atoms with van der Waals surface area (Å²) in [7, 11) is 0. The molecule has 1 rings (SSSR count). The van der Waals surface area contributed by atoms with Gasteiger partial charge in [-0.05, 0) is 30.7 Å². The van der Waals surface area contributed by atoms with E-state index in [1.54, 1.807) is 0 Å². The van der Waals surface area contributed by atoms with Gasteiger partial charge >= 0.3 is 6.18 Å². The van der Waals surface area contributed by atoms with Crippen LogP contribution in [0.2, 0.25) is 0 Å². The standard InChI is InChI=1S/C13H18F3N.ClH/c1-2-3-4-9-17-10-11-5-7-12(8-6-11)13(14,15)16;/h5-8,17H,2-4,9-10H2,1H3;1H. The number of unbranched alkanes of at least 4 members (excludes halogenated alkanes) is 2. The Bertz CT molecular complexity index is 322. The summed E-state index contributed by atoms with van der Waals surface area (Å²) < 4.78 is 36.9. The lowest BCUT2D eigenvalue weighted by atomic mass is 10.1. The first-order valence-corrected chi connectivity index (χ1v) is 5.91. The topological polar surface area (TPSA) is 12.0 Å². The molecule has 5 heteroatoms. The minimum atomic E-state index is -4.24. The second-order valence-corrected chi connectivity index (χ2v) is 4.08. The zero-order valence-electron chi connectivity index (χ0n) is 10.4. The van der Waals surface area contributed by atoms with Crippen molar-refractivity contribution in [2.75, 3.05) is 6.54 Å². The fourth-order valence-electron chi connectivity index (χ4n) is 1.54. The van der Waals surface area contributed by atoms with E-state index in [0.29, 0.717) is 6.54 Å². The molecule has 0 unspecified atom stereocenters. The number of rotatable bonds is 6. The minimum absolute atomic E-state index is 0. The second kappa shape index (κ2) is 8.38. The van der Waals surface area contributed by atoms with Crippen LogP contribution in [-0.2, 0) is 12.7 Å². The summed E-state index contributed by atoms with van der Waals surface area (Å²) in [5.74, 6) is 0. The second-order valence-electron chi connectivity index (χ2n) is 4.08. The number of benzene rings is 1. The van der Waals surface area contributed by atoms with Crippen molar-refractivity contribution < 1.29 is 13.2 Å². The Morgan fingerprint density at radius 3 is 2.17 bits per heavy atom. The zero-order valence-corrected chi connectivity index (χ0v) is 11.2. The van der Waals surface area contributed by atoms with Crippen LogP contribution < -0.4 is 5.32 Å². The molecule has 0 saturated carbocycles. The maximum Gasteiger partial charge on any atom is 0.416 e. The number of alkyl halides is 3.